The van der Waals surface area contributed by atoms with Crippen LogP contribution in [-0.2, 0) is 11.2 Å². The molecule has 0 radical (unpaired) electrons. The van der Waals surface area contributed by atoms with E-state index in [9.17, 15) is 14.7 Å². The van der Waals surface area contributed by atoms with Gasteiger partial charge in [-0.1, -0.05) is 30.9 Å². The minimum Gasteiger partial charge on any atom is -0.391 e. The number of carbonyl (C=O) groups excluding carboxylic acids is 2. The maximum atomic E-state index is 12.3. The smallest absolute Gasteiger partial charge is 0.252 e. The van der Waals surface area contributed by atoms with Crippen molar-refractivity contribution in [2.75, 3.05) is 11.9 Å². The van der Waals surface area contributed by atoms with Gasteiger partial charge in [0.25, 0.3) is 5.91 Å². The van der Waals surface area contributed by atoms with Crippen LogP contribution >= 0.6 is 11.6 Å². The van der Waals surface area contributed by atoms with E-state index in [-0.39, 0.29) is 30.7 Å². The fourth-order valence-electron chi connectivity index (χ4n) is 3.40. The second-order valence-electron chi connectivity index (χ2n) is 6.39. The fraction of sp³-hybridized carbons (Fsp3) is 0.529. The number of benzene rings is 1. The van der Waals surface area contributed by atoms with Crippen molar-refractivity contribution in [1.82, 2.24) is 5.32 Å². The molecule has 1 fully saturated rings. The molecule has 0 bridgehead atoms. The second kappa shape index (κ2) is 6.89. The van der Waals surface area contributed by atoms with Gasteiger partial charge in [0.1, 0.15) is 0 Å². The molecule has 3 rings (SSSR count). The van der Waals surface area contributed by atoms with E-state index in [0.717, 1.165) is 31.2 Å². The van der Waals surface area contributed by atoms with Crippen molar-refractivity contribution in [3.05, 3.63) is 28.3 Å². The first-order valence-electron chi connectivity index (χ1n) is 8.13. The maximum absolute atomic E-state index is 12.3. The molecule has 1 aliphatic carbocycles. The van der Waals surface area contributed by atoms with Gasteiger partial charge in [-0.2, -0.15) is 0 Å². The van der Waals surface area contributed by atoms with Crippen LogP contribution in [0.3, 0.4) is 0 Å². The second-order valence-corrected chi connectivity index (χ2v) is 6.80. The van der Waals surface area contributed by atoms with Crippen molar-refractivity contribution in [3.63, 3.8) is 0 Å². The summed E-state index contributed by atoms with van der Waals surface area (Å²) in [6.45, 7) is 0.230. The summed E-state index contributed by atoms with van der Waals surface area (Å²) in [4.78, 5) is 23.7. The Morgan fingerprint density at radius 3 is 2.83 bits per heavy atom. The first-order chi connectivity index (χ1) is 11.0. The molecular formula is C17H21ClN2O3. The zero-order valence-corrected chi connectivity index (χ0v) is 13.7. The number of aliphatic hydroxyl groups is 1. The van der Waals surface area contributed by atoms with E-state index in [1.165, 1.54) is 6.42 Å². The molecule has 0 spiro atoms. The third-order valence-corrected chi connectivity index (χ3v) is 5.04. The zero-order valence-electron chi connectivity index (χ0n) is 12.9. The molecule has 124 valence electrons. The Morgan fingerprint density at radius 2 is 2.09 bits per heavy atom. The molecule has 6 heteroatoms. The monoisotopic (exact) mass is 336 g/mol. The molecule has 3 N–H and O–H groups in total. The lowest BCUT2D eigenvalue weighted by atomic mass is 9.85. The van der Waals surface area contributed by atoms with Gasteiger partial charge in [-0.15, -0.1) is 0 Å². The van der Waals surface area contributed by atoms with Crippen LogP contribution < -0.4 is 10.6 Å². The lowest BCUT2D eigenvalue weighted by Crippen LogP contribution is -2.37. The van der Waals surface area contributed by atoms with E-state index in [0.29, 0.717) is 16.3 Å². The lowest BCUT2D eigenvalue weighted by Gasteiger charge is -2.26. The molecule has 1 aromatic carbocycles. The molecule has 1 aromatic rings. The average molecular weight is 337 g/mol. The van der Waals surface area contributed by atoms with E-state index >= 15 is 0 Å². The van der Waals surface area contributed by atoms with Crippen LogP contribution in [0, 0.1) is 5.92 Å². The molecule has 1 aliphatic heterocycles. The van der Waals surface area contributed by atoms with E-state index in [2.05, 4.69) is 10.6 Å². The van der Waals surface area contributed by atoms with Crippen molar-refractivity contribution in [3.8, 4) is 0 Å². The quantitative estimate of drug-likeness (QED) is 0.790. The Hall–Kier alpha value is -1.59. The Kier molecular flexibility index (Phi) is 4.87. The summed E-state index contributed by atoms with van der Waals surface area (Å²) in [5.41, 5.74) is 1.79. The number of aliphatic hydroxyl groups excluding tert-OH is 1. The van der Waals surface area contributed by atoms with E-state index < -0.39 is 6.10 Å². The summed E-state index contributed by atoms with van der Waals surface area (Å²) in [6.07, 6.45) is 5.30. The van der Waals surface area contributed by atoms with Crippen LogP contribution in [0.25, 0.3) is 0 Å². The van der Waals surface area contributed by atoms with Gasteiger partial charge in [0.2, 0.25) is 5.91 Å². The van der Waals surface area contributed by atoms with E-state index in [1.54, 1.807) is 12.1 Å². The molecule has 1 saturated carbocycles. The van der Waals surface area contributed by atoms with Crippen molar-refractivity contribution < 1.29 is 14.7 Å². The number of hydrogen-bond acceptors (Lipinski definition) is 3. The van der Waals surface area contributed by atoms with Gasteiger partial charge in [-0.3, -0.25) is 9.59 Å². The Bertz CT molecular complexity index is 627. The molecule has 0 aromatic heterocycles. The predicted molar refractivity (Wildman–Crippen MR) is 88.7 cm³/mol. The van der Waals surface area contributed by atoms with Gasteiger partial charge in [0.05, 0.1) is 23.1 Å². The summed E-state index contributed by atoms with van der Waals surface area (Å²) in [5, 5.41) is 16.0. The Labute approximate surface area is 140 Å². The highest BCUT2D eigenvalue weighted by Gasteiger charge is 2.24. The molecule has 2 amide bonds. The van der Waals surface area contributed by atoms with Crippen LogP contribution in [0.2, 0.25) is 5.02 Å². The first-order valence-corrected chi connectivity index (χ1v) is 8.51. The highest BCUT2D eigenvalue weighted by atomic mass is 35.5. The fourth-order valence-corrected chi connectivity index (χ4v) is 3.65. The molecule has 1 heterocycles. The predicted octanol–water partition coefficient (Wildman–Crippen LogP) is 2.51. The van der Waals surface area contributed by atoms with Gasteiger partial charge in [0.15, 0.2) is 0 Å². The van der Waals surface area contributed by atoms with Gasteiger partial charge >= 0.3 is 0 Å². The number of fused-ring (bicyclic) bond motifs is 1. The molecule has 1 atom stereocenters. The van der Waals surface area contributed by atoms with Crippen LogP contribution in [0.4, 0.5) is 5.69 Å². The molecule has 1 unspecified atom stereocenters. The van der Waals surface area contributed by atoms with Gasteiger partial charge in [-0.05, 0) is 36.5 Å². The van der Waals surface area contributed by atoms with Crippen molar-refractivity contribution in [2.24, 2.45) is 5.92 Å². The van der Waals surface area contributed by atoms with Crippen LogP contribution in [0.5, 0.6) is 0 Å². The lowest BCUT2D eigenvalue weighted by molar-refractivity contribution is -0.115. The molecule has 2 aliphatic rings. The van der Waals surface area contributed by atoms with E-state index in [4.69, 9.17) is 11.6 Å². The van der Waals surface area contributed by atoms with Gasteiger partial charge < -0.3 is 15.7 Å². The SMILES string of the molecule is O=C1Cc2cc(C(=O)NCC(O)C3CCCCC3)c(Cl)cc2N1. The van der Waals surface area contributed by atoms with Crippen LogP contribution in [-0.4, -0.2) is 29.6 Å². The minimum atomic E-state index is -0.518. The number of halogens is 1. The number of carbonyl (C=O) groups is 2. The van der Waals surface area contributed by atoms with Crippen molar-refractivity contribution >= 4 is 29.1 Å². The first kappa shape index (κ1) is 16.3. The van der Waals surface area contributed by atoms with Crippen molar-refractivity contribution in [2.45, 2.75) is 44.6 Å². The molecular weight excluding hydrogens is 316 g/mol. The molecule has 0 saturated heterocycles. The summed E-state index contributed by atoms with van der Waals surface area (Å²) in [7, 11) is 0. The zero-order chi connectivity index (χ0) is 16.4. The number of nitrogens with one attached hydrogen (secondary N) is 2. The summed E-state index contributed by atoms with van der Waals surface area (Å²) < 4.78 is 0. The molecule has 23 heavy (non-hydrogen) atoms. The number of anilines is 1. The summed E-state index contributed by atoms with van der Waals surface area (Å²) >= 11 is 6.14. The Balaban J connectivity index is 1.62. The summed E-state index contributed by atoms with van der Waals surface area (Å²) in [6, 6.07) is 3.26. The largest absolute Gasteiger partial charge is 0.391 e. The Morgan fingerprint density at radius 1 is 1.35 bits per heavy atom. The third-order valence-electron chi connectivity index (χ3n) is 4.73. The summed E-state index contributed by atoms with van der Waals surface area (Å²) in [5.74, 6) is -0.144. The average Bonchev–Trinajstić information content (AvgIpc) is 2.91. The maximum Gasteiger partial charge on any atom is 0.252 e. The van der Waals surface area contributed by atoms with E-state index in [1.807, 2.05) is 0 Å². The standard InChI is InChI=1S/C17H21ClN2O3/c18-13-8-14-11(7-16(22)20-14)6-12(13)17(23)19-9-15(21)10-4-2-1-3-5-10/h6,8,10,15,21H,1-5,7,9H2,(H,19,23)(H,20,22). The molecule has 5 nitrogen and oxygen atoms in total. The highest BCUT2D eigenvalue weighted by Crippen LogP contribution is 2.30. The topological polar surface area (TPSA) is 78.4 Å². The van der Waals surface area contributed by atoms with Gasteiger partial charge in [-0.25, -0.2) is 0 Å². The van der Waals surface area contributed by atoms with Gasteiger partial charge in [0, 0.05) is 12.2 Å². The third kappa shape index (κ3) is 3.67. The van der Waals surface area contributed by atoms with Crippen molar-refractivity contribution in [1.29, 1.82) is 0 Å². The number of rotatable bonds is 4. The number of amides is 2. The normalized spacial score (nSPS) is 19.1. The highest BCUT2D eigenvalue weighted by molar-refractivity contribution is 6.34. The minimum absolute atomic E-state index is 0.0960. The van der Waals surface area contributed by atoms with Crippen LogP contribution in [0.15, 0.2) is 12.1 Å². The number of hydrogen-bond donors (Lipinski definition) is 3. The van der Waals surface area contributed by atoms with Crippen LogP contribution in [0.1, 0.15) is 48.0 Å².